The van der Waals surface area contributed by atoms with E-state index >= 15 is 0 Å². The minimum atomic E-state index is -0.0189. The van der Waals surface area contributed by atoms with E-state index in [1.165, 1.54) is 4.90 Å². The van der Waals surface area contributed by atoms with Crippen molar-refractivity contribution < 1.29 is 4.79 Å². The fourth-order valence-corrected chi connectivity index (χ4v) is 1.37. The summed E-state index contributed by atoms with van der Waals surface area (Å²) in [6.07, 6.45) is 1.60. The number of rotatable bonds is 0. The van der Waals surface area contributed by atoms with Gasteiger partial charge in [-0.2, -0.15) is 0 Å². The molecule has 0 bridgehead atoms. The molecule has 0 fully saturated rings. The Kier molecular flexibility index (Phi) is 1.33. The number of aromatic amines is 1. The van der Waals surface area contributed by atoms with Gasteiger partial charge < -0.3 is 9.88 Å². The van der Waals surface area contributed by atoms with Crippen molar-refractivity contribution in [2.45, 2.75) is 6.54 Å². The molecular formula is C7H10N4O. The normalized spacial score (nSPS) is 16.7. The van der Waals surface area contributed by atoms with E-state index in [1.807, 2.05) is 0 Å². The molecule has 0 saturated carbocycles. The molecule has 2 amide bonds. The average Bonchev–Trinajstić information content (AvgIpc) is 2.48. The van der Waals surface area contributed by atoms with Crippen LogP contribution in [-0.2, 0) is 6.54 Å². The average molecular weight is 166 g/mol. The minimum Gasteiger partial charge on any atom is -0.345 e. The molecule has 1 aromatic heterocycles. The van der Waals surface area contributed by atoms with Gasteiger partial charge in [0.1, 0.15) is 0 Å². The van der Waals surface area contributed by atoms with Crippen molar-refractivity contribution in [3.05, 3.63) is 12.0 Å². The SMILES string of the molecule is CN1Cc2[nH]cnc2N(C)C1=O. The van der Waals surface area contributed by atoms with E-state index in [0.29, 0.717) is 6.54 Å². The van der Waals surface area contributed by atoms with Crippen molar-refractivity contribution in [3.63, 3.8) is 0 Å². The lowest BCUT2D eigenvalue weighted by Gasteiger charge is -2.28. The van der Waals surface area contributed by atoms with Crippen molar-refractivity contribution >= 4 is 11.8 Å². The Morgan fingerprint density at radius 3 is 3.08 bits per heavy atom. The molecule has 2 heterocycles. The van der Waals surface area contributed by atoms with Crippen molar-refractivity contribution in [1.29, 1.82) is 0 Å². The Labute approximate surface area is 70.0 Å². The predicted molar refractivity (Wildman–Crippen MR) is 43.9 cm³/mol. The van der Waals surface area contributed by atoms with Gasteiger partial charge in [0, 0.05) is 14.1 Å². The first-order valence-corrected chi connectivity index (χ1v) is 3.71. The largest absolute Gasteiger partial charge is 0.345 e. The Balaban J connectivity index is 2.45. The maximum Gasteiger partial charge on any atom is 0.325 e. The Bertz CT molecular complexity index is 319. The van der Waals surface area contributed by atoms with Crippen LogP contribution in [-0.4, -0.2) is 35.0 Å². The summed E-state index contributed by atoms with van der Waals surface area (Å²) in [5, 5.41) is 0. The Hall–Kier alpha value is -1.52. The predicted octanol–water partition coefficient (Wildman–Crippen LogP) is 0.411. The number of fused-ring (bicyclic) bond motifs is 1. The topological polar surface area (TPSA) is 52.2 Å². The molecule has 0 radical (unpaired) electrons. The van der Waals surface area contributed by atoms with Crippen molar-refractivity contribution in [2.75, 3.05) is 19.0 Å². The molecule has 0 aliphatic carbocycles. The Morgan fingerprint density at radius 1 is 1.58 bits per heavy atom. The number of hydrogen-bond donors (Lipinski definition) is 1. The molecule has 1 aromatic rings. The number of nitrogens with zero attached hydrogens (tertiary/aromatic N) is 3. The zero-order chi connectivity index (χ0) is 8.72. The van der Waals surface area contributed by atoms with E-state index in [9.17, 15) is 4.79 Å². The van der Waals surface area contributed by atoms with Crippen LogP contribution in [0.4, 0.5) is 10.6 Å². The van der Waals surface area contributed by atoms with E-state index in [2.05, 4.69) is 9.97 Å². The van der Waals surface area contributed by atoms with Crippen molar-refractivity contribution in [2.24, 2.45) is 0 Å². The monoisotopic (exact) mass is 166 g/mol. The van der Waals surface area contributed by atoms with Crippen LogP contribution in [0.5, 0.6) is 0 Å². The summed E-state index contributed by atoms with van der Waals surface area (Å²) in [7, 11) is 3.49. The third kappa shape index (κ3) is 0.792. The smallest absolute Gasteiger partial charge is 0.325 e. The van der Waals surface area contributed by atoms with Gasteiger partial charge in [0.2, 0.25) is 0 Å². The second-order valence-corrected chi connectivity index (χ2v) is 2.90. The molecule has 2 rings (SSSR count). The van der Waals surface area contributed by atoms with Gasteiger partial charge in [-0.15, -0.1) is 0 Å². The molecule has 64 valence electrons. The van der Waals surface area contributed by atoms with Gasteiger partial charge in [-0.25, -0.2) is 9.78 Å². The van der Waals surface area contributed by atoms with E-state index in [0.717, 1.165) is 11.5 Å². The number of imidazole rings is 1. The highest BCUT2D eigenvalue weighted by Gasteiger charge is 2.26. The summed E-state index contributed by atoms with van der Waals surface area (Å²) in [6, 6.07) is -0.0189. The highest BCUT2D eigenvalue weighted by Crippen LogP contribution is 2.21. The summed E-state index contributed by atoms with van der Waals surface area (Å²) in [4.78, 5) is 21.6. The number of nitrogens with one attached hydrogen (secondary N) is 1. The van der Waals surface area contributed by atoms with Gasteiger partial charge >= 0.3 is 6.03 Å². The van der Waals surface area contributed by atoms with Crippen LogP contribution in [0.25, 0.3) is 0 Å². The van der Waals surface area contributed by atoms with E-state index in [4.69, 9.17) is 0 Å². The first-order valence-electron chi connectivity index (χ1n) is 3.71. The van der Waals surface area contributed by atoms with Crippen LogP contribution >= 0.6 is 0 Å². The first-order chi connectivity index (χ1) is 5.70. The molecule has 5 heteroatoms. The second-order valence-electron chi connectivity index (χ2n) is 2.90. The number of H-pyrrole nitrogens is 1. The highest BCUT2D eigenvalue weighted by atomic mass is 16.2. The molecular weight excluding hydrogens is 156 g/mol. The van der Waals surface area contributed by atoms with Gasteiger partial charge in [0.05, 0.1) is 18.6 Å². The molecule has 12 heavy (non-hydrogen) atoms. The van der Waals surface area contributed by atoms with Crippen molar-refractivity contribution in [1.82, 2.24) is 14.9 Å². The van der Waals surface area contributed by atoms with Crippen LogP contribution in [0.15, 0.2) is 6.33 Å². The fourth-order valence-electron chi connectivity index (χ4n) is 1.37. The summed E-state index contributed by atoms with van der Waals surface area (Å²) in [6.45, 7) is 0.610. The number of urea groups is 1. The zero-order valence-electron chi connectivity index (χ0n) is 7.03. The van der Waals surface area contributed by atoms with Crippen LogP contribution in [0.2, 0.25) is 0 Å². The van der Waals surface area contributed by atoms with Gasteiger partial charge in [0.15, 0.2) is 5.82 Å². The van der Waals surface area contributed by atoms with E-state index in [-0.39, 0.29) is 6.03 Å². The third-order valence-corrected chi connectivity index (χ3v) is 2.02. The van der Waals surface area contributed by atoms with Gasteiger partial charge in [-0.3, -0.25) is 4.90 Å². The van der Waals surface area contributed by atoms with E-state index < -0.39 is 0 Å². The van der Waals surface area contributed by atoms with Crippen LogP contribution in [0.1, 0.15) is 5.69 Å². The molecule has 5 nitrogen and oxygen atoms in total. The molecule has 0 unspecified atom stereocenters. The summed E-state index contributed by atoms with van der Waals surface area (Å²) in [5.41, 5.74) is 0.986. The second kappa shape index (κ2) is 2.23. The lowest BCUT2D eigenvalue weighted by molar-refractivity contribution is 0.211. The Morgan fingerprint density at radius 2 is 2.33 bits per heavy atom. The molecule has 0 aromatic carbocycles. The quantitative estimate of drug-likeness (QED) is 0.607. The number of carbonyl (C=O) groups is 1. The number of amides is 2. The van der Waals surface area contributed by atoms with Crippen LogP contribution < -0.4 is 4.90 Å². The number of carbonyl (C=O) groups excluding carboxylic acids is 1. The van der Waals surface area contributed by atoms with Gasteiger partial charge in [-0.1, -0.05) is 0 Å². The highest BCUT2D eigenvalue weighted by molar-refractivity contribution is 5.92. The zero-order valence-corrected chi connectivity index (χ0v) is 7.03. The minimum absolute atomic E-state index is 0.0189. The number of hydrogen-bond acceptors (Lipinski definition) is 2. The lowest BCUT2D eigenvalue weighted by atomic mass is 10.3. The van der Waals surface area contributed by atoms with E-state index in [1.54, 1.807) is 25.3 Å². The van der Waals surface area contributed by atoms with Crippen molar-refractivity contribution in [3.8, 4) is 0 Å². The molecule has 1 N–H and O–H groups in total. The molecule has 0 atom stereocenters. The molecule has 0 saturated heterocycles. The van der Waals surface area contributed by atoms with Gasteiger partial charge in [-0.05, 0) is 0 Å². The number of aromatic nitrogens is 2. The maximum atomic E-state index is 11.4. The first kappa shape index (κ1) is 7.15. The maximum absolute atomic E-state index is 11.4. The molecule has 1 aliphatic rings. The molecule has 1 aliphatic heterocycles. The van der Waals surface area contributed by atoms with Crippen LogP contribution in [0.3, 0.4) is 0 Å². The van der Waals surface area contributed by atoms with Crippen LogP contribution in [0, 0.1) is 0 Å². The summed E-state index contributed by atoms with van der Waals surface area (Å²) >= 11 is 0. The lowest BCUT2D eigenvalue weighted by Crippen LogP contribution is -2.42. The fraction of sp³-hybridized carbons (Fsp3) is 0.429. The standard InChI is InChI=1S/C7H10N4O/c1-10-3-5-6(9-4-8-5)11(2)7(10)12/h4H,3H2,1-2H3,(H,8,9). The summed E-state index contributed by atoms with van der Waals surface area (Å²) < 4.78 is 0. The summed E-state index contributed by atoms with van der Waals surface area (Å²) in [5.74, 6) is 0.734. The third-order valence-electron chi connectivity index (χ3n) is 2.02. The van der Waals surface area contributed by atoms with Gasteiger partial charge in [0.25, 0.3) is 0 Å². The number of anilines is 1. The molecule has 0 spiro atoms.